The normalized spacial score (nSPS) is 15.4. The van der Waals surface area contributed by atoms with Crippen LogP contribution >= 0.6 is 0 Å². The molecule has 0 aliphatic carbocycles. The summed E-state index contributed by atoms with van der Waals surface area (Å²) in [4.78, 5) is 53.8. The molecule has 0 fully saturated rings. The topological polar surface area (TPSA) is 124 Å². The van der Waals surface area contributed by atoms with Crippen molar-refractivity contribution >= 4 is 24.1 Å². The minimum Gasteiger partial charge on any atom is -0.457 e. The summed E-state index contributed by atoms with van der Waals surface area (Å²) in [5.74, 6) is -3.28. The first-order chi connectivity index (χ1) is 22.4. The molecule has 46 heavy (non-hydrogen) atoms. The SMILES string of the molecule is O=C(OCc1ccccc1)OC(C(=O)OCc1ccccc1)(C(=O)OCc1ccccc1)[C@@H]1C=C[C@H](OC(=O)c2ccccc2)O1. The fourth-order valence-electron chi connectivity index (χ4n) is 4.47. The Balaban J connectivity index is 1.42. The van der Waals surface area contributed by atoms with E-state index in [-0.39, 0.29) is 25.4 Å². The fourth-order valence-corrected chi connectivity index (χ4v) is 4.47. The second-order valence-electron chi connectivity index (χ2n) is 10.1. The second-order valence-corrected chi connectivity index (χ2v) is 10.1. The van der Waals surface area contributed by atoms with Crippen LogP contribution in [-0.2, 0) is 57.8 Å². The molecule has 1 aliphatic rings. The third-order valence-electron chi connectivity index (χ3n) is 6.83. The van der Waals surface area contributed by atoms with Crippen LogP contribution in [-0.4, -0.2) is 42.1 Å². The Morgan fingerprint density at radius 3 is 1.48 bits per heavy atom. The molecule has 4 aromatic carbocycles. The highest BCUT2D eigenvalue weighted by atomic mass is 16.8. The van der Waals surface area contributed by atoms with Crippen molar-refractivity contribution in [3.8, 4) is 0 Å². The van der Waals surface area contributed by atoms with Gasteiger partial charge >= 0.3 is 29.7 Å². The van der Waals surface area contributed by atoms with E-state index in [0.717, 1.165) is 0 Å². The maximum absolute atomic E-state index is 14.0. The largest absolute Gasteiger partial charge is 0.510 e. The van der Waals surface area contributed by atoms with Gasteiger partial charge in [-0.15, -0.1) is 0 Å². The summed E-state index contributed by atoms with van der Waals surface area (Å²) >= 11 is 0. The van der Waals surface area contributed by atoms with Gasteiger partial charge in [0.25, 0.3) is 0 Å². The minimum absolute atomic E-state index is 0.216. The van der Waals surface area contributed by atoms with Gasteiger partial charge in [-0.1, -0.05) is 109 Å². The molecule has 1 aliphatic heterocycles. The van der Waals surface area contributed by atoms with Crippen molar-refractivity contribution in [1.82, 2.24) is 0 Å². The Morgan fingerprint density at radius 1 is 0.565 bits per heavy atom. The lowest BCUT2D eigenvalue weighted by Crippen LogP contribution is -2.60. The van der Waals surface area contributed by atoms with Crippen molar-refractivity contribution in [2.45, 2.75) is 37.8 Å². The number of hydrogen-bond donors (Lipinski definition) is 0. The van der Waals surface area contributed by atoms with E-state index in [1.807, 2.05) is 0 Å². The van der Waals surface area contributed by atoms with Gasteiger partial charge in [-0.05, 0) is 41.0 Å². The summed E-state index contributed by atoms with van der Waals surface area (Å²) in [6, 6.07) is 34.3. The highest BCUT2D eigenvalue weighted by molar-refractivity contribution is 6.06. The van der Waals surface area contributed by atoms with E-state index in [1.54, 1.807) is 121 Å². The lowest BCUT2D eigenvalue weighted by molar-refractivity contribution is -0.209. The van der Waals surface area contributed by atoms with E-state index in [9.17, 15) is 19.2 Å². The van der Waals surface area contributed by atoms with Crippen LogP contribution in [0.2, 0.25) is 0 Å². The second kappa shape index (κ2) is 15.3. The molecule has 0 saturated heterocycles. The summed E-state index contributed by atoms with van der Waals surface area (Å²) in [6.07, 6.45) is -1.75. The lowest BCUT2D eigenvalue weighted by Gasteiger charge is -2.32. The van der Waals surface area contributed by atoms with Gasteiger partial charge in [0.1, 0.15) is 25.9 Å². The number of hydrogen-bond acceptors (Lipinski definition) is 10. The van der Waals surface area contributed by atoms with Crippen molar-refractivity contribution in [3.63, 3.8) is 0 Å². The van der Waals surface area contributed by atoms with Crippen molar-refractivity contribution in [3.05, 3.63) is 156 Å². The molecule has 10 nitrogen and oxygen atoms in total. The Hall–Kier alpha value is -5.74. The van der Waals surface area contributed by atoms with Crippen LogP contribution in [0, 0.1) is 0 Å². The lowest BCUT2D eigenvalue weighted by atomic mass is 9.96. The van der Waals surface area contributed by atoms with Crippen molar-refractivity contribution in [2.24, 2.45) is 0 Å². The molecule has 0 spiro atoms. The van der Waals surface area contributed by atoms with Gasteiger partial charge in [-0.2, -0.15) is 0 Å². The Labute approximate surface area is 265 Å². The van der Waals surface area contributed by atoms with E-state index in [2.05, 4.69) is 0 Å². The standard InChI is InChI=1S/C36H30O10/c37-32(29-19-11-4-12-20-29)45-31-22-21-30(44-31)36(33(38)41-23-26-13-5-1-6-14-26,34(39)42-24-27-15-7-2-8-16-27)46-35(40)43-25-28-17-9-3-10-18-28/h1-22,30-31H,23-25H2/t30-,31-/m0/s1. The first-order valence-corrected chi connectivity index (χ1v) is 14.4. The van der Waals surface area contributed by atoms with Gasteiger partial charge in [0, 0.05) is 0 Å². The molecule has 0 bridgehead atoms. The maximum atomic E-state index is 14.0. The van der Waals surface area contributed by atoms with Gasteiger partial charge in [-0.25, -0.2) is 19.2 Å². The number of benzene rings is 4. The first kappa shape index (κ1) is 31.7. The van der Waals surface area contributed by atoms with Crippen LogP contribution in [0.5, 0.6) is 0 Å². The van der Waals surface area contributed by atoms with Gasteiger partial charge in [0.15, 0.2) is 0 Å². The summed E-state index contributed by atoms with van der Waals surface area (Å²) in [5, 5.41) is 0. The first-order valence-electron chi connectivity index (χ1n) is 14.4. The summed E-state index contributed by atoms with van der Waals surface area (Å²) in [5.41, 5.74) is -0.757. The Bertz CT molecular complexity index is 1580. The van der Waals surface area contributed by atoms with Crippen molar-refractivity contribution in [1.29, 1.82) is 0 Å². The molecule has 4 aromatic rings. The monoisotopic (exact) mass is 622 g/mol. The molecule has 1 heterocycles. The van der Waals surface area contributed by atoms with Crippen LogP contribution in [0.25, 0.3) is 0 Å². The van der Waals surface area contributed by atoms with Gasteiger partial charge in [0.2, 0.25) is 6.29 Å². The fraction of sp³-hybridized carbons (Fsp3) is 0.167. The number of ether oxygens (including phenoxy) is 6. The van der Waals surface area contributed by atoms with E-state index in [0.29, 0.717) is 16.7 Å². The van der Waals surface area contributed by atoms with Crippen LogP contribution in [0.3, 0.4) is 0 Å². The Morgan fingerprint density at radius 2 is 1.00 bits per heavy atom. The number of carbonyl (C=O) groups excluding carboxylic acids is 4. The minimum atomic E-state index is -2.85. The van der Waals surface area contributed by atoms with E-state index in [1.165, 1.54) is 12.2 Å². The van der Waals surface area contributed by atoms with Crippen molar-refractivity contribution < 1.29 is 47.6 Å². The molecule has 0 unspecified atom stereocenters. The predicted molar refractivity (Wildman–Crippen MR) is 163 cm³/mol. The molecule has 0 radical (unpaired) electrons. The third-order valence-corrected chi connectivity index (χ3v) is 6.83. The summed E-state index contributed by atoms with van der Waals surface area (Å²) < 4.78 is 33.2. The number of rotatable bonds is 12. The molecular formula is C36H30O10. The smallest absolute Gasteiger partial charge is 0.457 e. The van der Waals surface area contributed by atoms with Crippen molar-refractivity contribution in [2.75, 3.05) is 0 Å². The molecule has 5 rings (SSSR count). The Kier molecular flexibility index (Phi) is 10.5. The average molecular weight is 623 g/mol. The molecular weight excluding hydrogens is 592 g/mol. The van der Waals surface area contributed by atoms with Gasteiger partial charge in [-0.3, -0.25) is 0 Å². The molecule has 234 valence electrons. The van der Waals surface area contributed by atoms with Crippen LogP contribution < -0.4 is 0 Å². The quantitative estimate of drug-likeness (QED) is 0.0841. The van der Waals surface area contributed by atoms with E-state index >= 15 is 0 Å². The highest BCUT2D eigenvalue weighted by Crippen LogP contribution is 2.32. The van der Waals surface area contributed by atoms with Gasteiger partial charge < -0.3 is 28.4 Å². The summed E-state index contributed by atoms with van der Waals surface area (Å²) in [6.45, 7) is -0.746. The zero-order valence-corrected chi connectivity index (χ0v) is 24.6. The predicted octanol–water partition coefficient (Wildman–Crippen LogP) is 5.70. The van der Waals surface area contributed by atoms with Crippen LogP contribution in [0.15, 0.2) is 133 Å². The molecule has 0 saturated carbocycles. The molecule has 2 atom stereocenters. The number of carbonyl (C=O) groups is 4. The third kappa shape index (κ3) is 8.04. The summed E-state index contributed by atoms with van der Waals surface area (Å²) in [7, 11) is 0. The molecule has 0 N–H and O–H groups in total. The number of esters is 3. The zero-order chi connectivity index (χ0) is 32.2. The van der Waals surface area contributed by atoms with Gasteiger partial charge in [0.05, 0.1) is 5.56 Å². The maximum Gasteiger partial charge on any atom is 0.510 e. The molecule has 0 aromatic heterocycles. The van der Waals surface area contributed by atoms with Crippen LogP contribution in [0.1, 0.15) is 27.0 Å². The average Bonchev–Trinajstić information content (AvgIpc) is 3.58. The van der Waals surface area contributed by atoms with E-state index in [4.69, 9.17) is 28.4 Å². The highest BCUT2D eigenvalue weighted by Gasteiger charge is 2.62. The van der Waals surface area contributed by atoms with E-state index < -0.39 is 42.1 Å². The molecule has 0 amide bonds. The molecule has 10 heteroatoms. The zero-order valence-electron chi connectivity index (χ0n) is 24.6. The van der Waals surface area contributed by atoms with Crippen LogP contribution in [0.4, 0.5) is 4.79 Å².